The summed E-state index contributed by atoms with van der Waals surface area (Å²) in [6, 6.07) is 11.8. The third-order valence-electron chi connectivity index (χ3n) is 6.34. The normalized spacial score (nSPS) is 13.8. The number of methoxy groups -OCH3 is 2. The number of ether oxygens (including phenoxy) is 2. The van der Waals surface area contributed by atoms with E-state index in [1.807, 2.05) is 50.2 Å². The van der Waals surface area contributed by atoms with Gasteiger partial charge in [-0.3, -0.25) is 9.69 Å². The van der Waals surface area contributed by atoms with Gasteiger partial charge in [0, 0.05) is 56.7 Å². The molecule has 1 N–H and O–H groups in total. The first kappa shape index (κ1) is 23.8. The Morgan fingerprint density at radius 2 is 1.88 bits per heavy atom. The highest BCUT2D eigenvalue weighted by Gasteiger charge is 2.20. The summed E-state index contributed by atoms with van der Waals surface area (Å²) in [6.07, 6.45) is 1.47. The molecular weight excluding hydrogens is 430 g/mol. The Morgan fingerprint density at radius 1 is 1.03 bits per heavy atom. The van der Waals surface area contributed by atoms with Crippen molar-refractivity contribution in [3.05, 3.63) is 70.3 Å². The molecule has 0 atom stereocenters. The zero-order valence-electron chi connectivity index (χ0n) is 20.4. The number of benzene rings is 2. The summed E-state index contributed by atoms with van der Waals surface area (Å²) in [5.41, 5.74) is 3.96. The van der Waals surface area contributed by atoms with Crippen molar-refractivity contribution >= 4 is 5.91 Å². The third-order valence-corrected chi connectivity index (χ3v) is 6.34. The lowest BCUT2D eigenvalue weighted by molar-refractivity contribution is 0.0953. The molecule has 0 unspecified atom stereocenters. The molecule has 0 fully saturated rings. The number of fused-ring (bicyclic) bond motifs is 1. The summed E-state index contributed by atoms with van der Waals surface area (Å²) in [5, 5.41) is 11.9. The second-order valence-corrected chi connectivity index (χ2v) is 8.71. The van der Waals surface area contributed by atoms with Gasteiger partial charge in [0.1, 0.15) is 23.1 Å². The topological polar surface area (TPSA) is 81.5 Å². The highest BCUT2D eigenvalue weighted by molar-refractivity contribution is 5.95. The van der Waals surface area contributed by atoms with E-state index in [0.717, 1.165) is 72.4 Å². The summed E-state index contributed by atoms with van der Waals surface area (Å²) in [5.74, 6) is 3.55. The predicted octanol–water partition coefficient (Wildman–Crippen LogP) is 2.94. The van der Waals surface area contributed by atoms with Gasteiger partial charge in [-0.2, -0.15) is 0 Å². The molecule has 1 aromatic heterocycles. The molecule has 0 aliphatic carbocycles. The van der Waals surface area contributed by atoms with Gasteiger partial charge in [0.25, 0.3) is 5.91 Å². The van der Waals surface area contributed by atoms with Gasteiger partial charge in [0.2, 0.25) is 0 Å². The van der Waals surface area contributed by atoms with Crippen LogP contribution in [0, 0.1) is 13.8 Å². The monoisotopic (exact) mass is 463 g/mol. The second kappa shape index (κ2) is 10.7. The van der Waals surface area contributed by atoms with Crippen molar-refractivity contribution < 1.29 is 14.3 Å². The molecule has 2 aromatic carbocycles. The van der Waals surface area contributed by atoms with Crippen LogP contribution in [0.1, 0.15) is 38.7 Å². The minimum atomic E-state index is -0.0495. The van der Waals surface area contributed by atoms with E-state index in [2.05, 4.69) is 25.0 Å². The first-order valence-corrected chi connectivity index (χ1v) is 11.7. The minimum Gasteiger partial charge on any atom is -0.497 e. The van der Waals surface area contributed by atoms with Crippen molar-refractivity contribution in [2.24, 2.45) is 0 Å². The maximum atomic E-state index is 12.6. The Hall–Kier alpha value is -3.39. The van der Waals surface area contributed by atoms with Crippen LogP contribution in [0.2, 0.25) is 0 Å². The third kappa shape index (κ3) is 5.39. The summed E-state index contributed by atoms with van der Waals surface area (Å²) in [7, 11) is 3.37. The lowest BCUT2D eigenvalue weighted by Gasteiger charge is -2.21. The Balaban J connectivity index is 1.35. The molecular formula is C26H33N5O3. The van der Waals surface area contributed by atoms with Crippen LogP contribution in [0.4, 0.5) is 0 Å². The van der Waals surface area contributed by atoms with E-state index in [-0.39, 0.29) is 5.91 Å². The van der Waals surface area contributed by atoms with Gasteiger partial charge >= 0.3 is 0 Å². The first-order chi connectivity index (χ1) is 16.5. The van der Waals surface area contributed by atoms with Gasteiger partial charge in [0.15, 0.2) is 0 Å². The standard InChI is InChI=1S/C26H33N5O3/c1-18-5-7-22(19(2)15-18)26(32)27-11-9-24-28-29-25-10-12-30(13-14-31(24)25)17-20-16-21(33-3)6-8-23(20)34-4/h5-8,15-16H,9-14,17H2,1-4H3,(H,27,32). The Kier molecular flexibility index (Phi) is 7.47. The van der Waals surface area contributed by atoms with Crippen LogP contribution in [-0.4, -0.2) is 59.4 Å². The molecule has 4 rings (SSSR count). The van der Waals surface area contributed by atoms with Crippen LogP contribution in [0.5, 0.6) is 11.5 Å². The molecule has 0 radical (unpaired) electrons. The van der Waals surface area contributed by atoms with Gasteiger partial charge < -0.3 is 19.4 Å². The SMILES string of the molecule is COc1ccc(OC)c(CN2CCc3nnc(CCNC(=O)c4ccc(C)cc4C)n3CC2)c1. The van der Waals surface area contributed by atoms with Gasteiger partial charge in [-0.15, -0.1) is 10.2 Å². The van der Waals surface area contributed by atoms with Crippen LogP contribution in [0.3, 0.4) is 0 Å². The van der Waals surface area contributed by atoms with Crippen molar-refractivity contribution in [3.63, 3.8) is 0 Å². The fourth-order valence-corrected chi connectivity index (χ4v) is 4.47. The predicted molar refractivity (Wildman–Crippen MR) is 131 cm³/mol. The van der Waals surface area contributed by atoms with E-state index >= 15 is 0 Å². The van der Waals surface area contributed by atoms with Crippen molar-refractivity contribution in [1.82, 2.24) is 25.0 Å². The van der Waals surface area contributed by atoms with Crippen LogP contribution in [0.25, 0.3) is 0 Å². The van der Waals surface area contributed by atoms with E-state index < -0.39 is 0 Å². The quantitative estimate of drug-likeness (QED) is 0.553. The molecule has 0 spiro atoms. The molecule has 0 bridgehead atoms. The molecule has 3 aromatic rings. The molecule has 180 valence electrons. The van der Waals surface area contributed by atoms with Gasteiger partial charge in [-0.25, -0.2) is 0 Å². The molecule has 8 nitrogen and oxygen atoms in total. The summed E-state index contributed by atoms with van der Waals surface area (Å²) < 4.78 is 13.1. The molecule has 34 heavy (non-hydrogen) atoms. The van der Waals surface area contributed by atoms with Gasteiger partial charge in [-0.05, 0) is 43.7 Å². The maximum Gasteiger partial charge on any atom is 0.251 e. The Morgan fingerprint density at radius 3 is 2.65 bits per heavy atom. The van der Waals surface area contributed by atoms with Crippen molar-refractivity contribution in [2.45, 2.75) is 39.8 Å². The molecule has 0 saturated heterocycles. The molecule has 1 amide bonds. The minimum absolute atomic E-state index is 0.0495. The van der Waals surface area contributed by atoms with E-state index in [9.17, 15) is 4.79 Å². The number of rotatable bonds is 8. The lowest BCUT2D eigenvalue weighted by Crippen LogP contribution is -2.28. The van der Waals surface area contributed by atoms with Crippen LogP contribution in [-0.2, 0) is 25.9 Å². The summed E-state index contributed by atoms with van der Waals surface area (Å²) >= 11 is 0. The van der Waals surface area contributed by atoms with E-state index in [1.165, 1.54) is 0 Å². The van der Waals surface area contributed by atoms with E-state index in [0.29, 0.717) is 18.5 Å². The summed E-state index contributed by atoms with van der Waals surface area (Å²) in [4.78, 5) is 15.0. The second-order valence-electron chi connectivity index (χ2n) is 8.71. The fraction of sp³-hybridized carbons (Fsp3) is 0.423. The zero-order valence-corrected chi connectivity index (χ0v) is 20.4. The van der Waals surface area contributed by atoms with Gasteiger partial charge in [-0.1, -0.05) is 17.7 Å². The lowest BCUT2D eigenvalue weighted by atomic mass is 10.1. The Bertz CT molecular complexity index is 1160. The summed E-state index contributed by atoms with van der Waals surface area (Å²) in [6.45, 7) is 7.88. The molecule has 1 aliphatic rings. The number of aromatic nitrogens is 3. The molecule has 2 heterocycles. The zero-order chi connectivity index (χ0) is 24.1. The molecule has 8 heteroatoms. The largest absolute Gasteiger partial charge is 0.497 e. The molecule has 1 aliphatic heterocycles. The van der Waals surface area contributed by atoms with Crippen molar-refractivity contribution in [2.75, 3.05) is 33.9 Å². The Labute approximate surface area is 200 Å². The average molecular weight is 464 g/mol. The van der Waals surface area contributed by atoms with Crippen molar-refractivity contribution in [3.8, 4) is 11.5 Å². The van der Waals surface area contributed by atoms with Crippen LogP contribution in [0.15, 0.2) is 36.4 Å². The van der Waals surface area contributed by atoms with Crippen LogP contribution < -0.4 is 14.8 Å². The van der Waals surface area contributed by atoms with E-state index in [1.54, 1.807) is 14.2 Å². The molecule has 0 saturated carbocycles. The first-order valence-electron chi connectivity index (χ1n) is 11.7. The van der Waals surface area contributed by atoms with Crippen molar-refractivity contribution in [1.29, 1.82) is 0 Å². The van der Waals surface area contributed by atoms with Gasteiger partial charge in [0.05, 0.1) is 14.2 Å². The number of carbonyl (C=O) groups is 1. The number of nitrogens with one attached hydrogen (secondary N) is 1. The van der Waals surface area contributed by atoms with Crippen LogP contribution >= 0.6 is 0 Å². The number of amides is 1. The number of nitrogens with zero attached hydrogens (tertiary/aromatic N) is 4. The smallest absolute Gasteiger partial charge is 0.251 e. The van der Waals surface area contributed by atoms with E-state index in [4.69, 9.17) is 9.47 Å². The number of hydrogen-bond acceptors (Lipinski definition) is 6. The average Bonchev–Trinajstić information content (AvgIpc) is 3.10. The number of aryl methyl sites for hydroxylation is 2. The highest BCUT2D eigenvalue weighted by atomic mass is 16.5. The number of hydrogen-bond donors (Lipinski definition) is 1. The number of carbonyl (C=O) groups excluding carboxylic acids is 1. The maximum absolute atomic E-state index is 12.6. The highest BCUT2D eigenvalue weighted by Crippen LogP contribution is 2.26. The fourth-order valence-electron chi connectivity index (χ4n) is 4.47.